The van der Waals surface area contributed by atoms with Crippen LogP contribution in [0.3, 0.4) is 0 Å². The van der Waals surface area contributed by atoms with E-state index in [1.54, 1.807) is 6.92 Å². The highest BCUT2D eigenvalue weighted by molar-refractivity contribution is 5.75. The van der Waals surface area contributed by atoms with Gasteiger partial charge in [0.05, 0.1) is 13.2 Å². The third-order valence-electron chi connectivity index (χ3n) is 3.35. The lowest BCUT2D eigenvalue weighted by atomic mass is 10.2. The lowest BCUT2D eigenvalue weighted by Gasteiger charge is -2.32. The van der Waals surface area contributed by atoms with Crippen LogP contribution in [0.2, 0.25) is 0 Å². The maximum atomic E-state index is 10.8. The van der Waals surface area contributed by atoms with E-state index >= 15 is 0 Å². The molecule has 0 aromatic rings. The van der Waals surface area contributed by atoms with Crippen LogP contribution in [-0.4, -0.2) is 42.0 Å². The van der Waals surface area contributed by atoms with Gasteiger partial charge >= 0.3 is 0 Å². The SMILES string of the molecule is CC(=O)CCOC[C@@H]1CC[C@H](C)N1C(C)C. The van der Waals surface area contributed by atoms with Crippen molar-refractivity contribution in [2.24, 2.45) is 0 Å². The van der Waals surface area contributed by atoms with E-state index in [0.29, 0.717) is 31.2 Å². The standard InChI is InChI=1S/C13H25NO2/c1-10(2)14-11(3)5-6-13(14)9-16-8-7-12(4)15/h10-11,13H,5-9H2,1-4H3/t11-,13-/m0/s1. The van der Waals surface area contributed by atoms with Crippen molar-refractivity contribution >= 4 is 5.78 Å². The number of hydrogen-bond acceptors (Lipinski definition) is 3. The quantitative estimate of drug-likeness (QED) is 0.652. The Morgan fingerprint density at radius 3 is 2.69 bits per heavy atom. The molecule has 0 spiro atoms. The highest BCUT2D eigenvalue weighted by Gasteiger charge is 2.32. The zero-order chi connectivity index (χ0) is 12.1. The van der Waals surface area contributed by atoms with Crippen molar-refractivity contribution in [1.29, 1.82) is 0 Å². The van der Waals surface area contributed by atoms with Gasteiger partial charge in [-0.25, -0.2) is 0 Å². The fraction of sp³-hybridized carbons (Fsp3) is 0.923. The second kappa shape index (κ2) is 6.36. The Kier molecular flexibility index (Phi) is 5.42. The predicted octanol–water partition coefficient (Wildman–Crippen LogP) is 2.24. The van der Waals surface area contributed by atoms with Crippen LogP contribution in [0.25, 0.3) is 0 Å². The average Bonchev–Trinajstić information content (AvgIpc) is 2.54. The van der Waals surface area contributed by atoms with Gasteiger partial charge in [0.25, 0.3) is 0 Å². The van der Waals surface area contributed by atoms with Crippen LogP contribution in [0, 0.1) is 0 Å². The van der Waals surface area contributed by atoms with Crippen molar-refractivity contribution in [1.82, 2.24) is 4.90 Å². The number of ether oxygens (including phenoxy) is 1. The summed E-state index contributed by atoms with van der Waals surface area (Å²) in [5.41, 5.74) is 0. The first-order chi connectivity index (χ1) is 7.52. The highest BCUT2D eigenvalue weighted by atomic mass is 16.5. The first-order valence-electron chi connectivity index (χ1n) is 6.37. The maximum absolute atomic E-state index is 10.8. The molecule has 0 saturated carbocycles. The Labute approximate surface area is 99.1 Å². The minimum Gasteiger partial charge on any atom is -0.379 e. The van der Waals surface area contributed by atoms with Crippen molar-refractivity contribution in [2.45, 2.75) is 65.1 Å². The second-order valence-corrected chi connectivity index (χ2v) is 5.15. The topological polar surface area (TPSA) is 29.5 Å². The molecular formula is C13H25NO2. The minimum absolute atomic E-state index is 0.209. The van der Waals surface area contributed by atoms with Crippen LogP contribution in [-0.2, 0) is 9.53 Å². The molecule has 2 atom stereocenters. The molecule has 1 aliphatic heterocycles. The smallest absolute Gasteiger partial charge is 0.132 e. The fourth-order valence-electron chi connectivity index (χ4n) is 2.63. The van der Waals surface area contributed by atoms with Gasteiger partial charge in [0, 0.05) is 24.5 Å². The Morgan fingerprint density at radius 2 is 2.12 bits per heavy atom. The van der Waals surface area contributed by atoms with Gasteiger partial charge in [0.1, 0.15) is 5.78 Å². The molecule has 0 amide bonds. The van der Waals surface area contributed by atoms with Crippen LogP contribution >= 0.6 is 0 Å². The van der Waals surface area contributed by atoms with Gasteiger partial charge in [-0.2, -0.15) is 0 Å². The molecule has 0 aromatic heterocycles. The normalized spacial score (nSPS) is 26.6. The molecule has 3 heteroatoms. The van der Waals surface area contributed by atoms with Gasteiger partial charge in [-0.1, -0.05) is 0 Å². The number of Topliss-reactive ketones (excluding diaryl/α,β-unsaturated/α-hetero) is 1. The number of rotatable bonds is 6. The summed E-state index contributed by atoms with van der Waals surface area (Å²) in [6.07, 6.45) is 3.03. The molecule has 1 rings (SSSR count). The molecule has 0 unspecified atom stereocenters. The van der Waals surface area contributed by atoms with Crippen molar-refractivity contribution in [3.8, 4) is 0 Å². The molecule has 0 aliphatic carbocycles. The number of carbonyl (C=O) groups is 1. The van der Waals surface area contributed by atoms with E-state index in [2.05, 4.69) is 25.7 Å². The van der Waals surface area contributed by atoms with Crippen LogP contribution in [0.15, 0.2) is 0 Å². The summed E-state index contributed by atoms with van der Waals surface area (Å²) in [7, 11) is 0. The Hall–Kier alpha value is -0.410. The summed E-state index contributed by atoms with van der Waals surface area (Å²) in [5.74, 6) is 0.209. The van der Waals surface area contributed by atoms with E-state index in [4.69, 9.17) is 4.74 Å². The Morgan fingerprint density at radius 1 is 1.44 bits per heavy atom. The summed E-state index contributed by atoms with van der Waals surface area (Å²) in [4.78, 5) is 13.3. The summed E-state index contributed by atoms with van der Waals surface area (Å²) in [6, 6.07) is 1.79. The summed E-state index contributed by atoms with van der Waals surface area (Å²) < 4.78 is 5.59. The molecule has 0 N–H and O–H groups in total. The number of likely N-dealkylation sites (tertiary alicyclic amines) is 1. The minimum atomic E-state index is 0.209. The molecule has 3 nitrogen and oxygen atoms in total. The fourth-order valence-corrected chi connectivity index (χ4v) is 2.63. The molecule has 16 heavy (non-hydrogen) atoms. The van der Waals surface area contributed by atoms with Gasteiger partial charge in [0.15, 0.2) is 0 Å². The monoisotopic (exact) mass is 227 g/mol. The summed E-state index contributed by atoms with van der Waals surface area (Å²) in [5, 5.41) is 0. The lowest BCUT2D eigenvalue weighted by Crippen LogP contribution is -2.42. The van der Waals surface area contributed by atoms with Crippen molar-refractivity contribution in [3.05, 3.63) is 0 Å². The number of carbonyl (C=O) groups excluding carboxylic acids is 1. The highest BCUT2D eigenvalue weighted by Crippen LogP contribution is 2.26. The third-order valence-corrected chi connectivity index (χ3v) is 3.35. The van der Waals surface area contributed by atoms with Crippen molar-refractivity contribution in [2.75, 3.05) is 13.2 Å². The predicted molar refractivity (Wildman–Crippen MR) is 65.6 cm³/mol. The van der Waals surface area contributed by atoms with E-state index in [9.17, 15) is 4.79 Å². The molecule has 94 valence electrons. The zero-order valence-electron chi connectivity index (χ0n) is 11.0. The number of ketones is 1. The van der Waals surface area contributed by atoms with Gasteiger partial charge in [-0.15, -0.1) is 0 Å². The molecule has 1 aliphatic rings. The van der Waals surface area contributed by atoms with Gasteiger partial charge in [-0.05, 0) is 40.5 Å². The maximum Gasteiger partial charge on any atom is 0.132 e. The molecule has 1 saturated heterocycles. The average molecular weight is 227 g/mol. The van der Waals surface area contributed by atoms with E-state index in [-0.39, 0.29) is 5.78 Å². The van der Waals surface area contributed by atoms with E-state index in [1.807, 2.05) is 0 Å². The molecule has 0 radical (unpaired) electrons. The van der Waals surface area contributed by atoms with Crippen LogP contribution < -0.4 is 0 Å². The lowest BCUT2D eigenvalue weighted by molar-refractivity contribution is -0.118. The third kappa shape index (κ3) is 3.87. The largest absolute Gasteiger partial charge is 0.379 e. The molecule has 1 fully saturated rings. The first-order valence-corrected chi connectivity index (χ1v) is 6.37. The molecule has 0 bridgehead atoms. The van der Waals surface area contributed by atoms with Gasteiger partial charge in [-0.3, -0.25) is 9.69 Å². The molecule has 1 heterocycles. The molecule has 0 aromatic carbocycles. The van der Waals surface area contributed by atoms with E-state index in [0.717, 1.165) is 6.61 Å². The Balaban J connectivity index is 2.28. The zero-order valence-corrected chi connectivity index (χ0v) is 11.0. The molecular weight excluding hydrogens is 202 g/mol. The number of nitrogens with zero attached hydrogens (tertiary/aromatic N) is 1. The van der Waals surface area contributed by atoms with Crippen molar-refractivity contribution < 1.29 is 9.53 Å². The summed E-state index contributed by atoms with van der Waals surface area (Å²) >= 11 is 0. The van der Waals surface area contributed by atoms with E-state index < -0.39 is 0 Å². The van der Waals surface area contributed by atoms with Gasteiger partial charge < -0.3 is 4.74 Å². The Bertz CT molecular complexity index is 228. The van der Waals surface area contributed by atoms with Crippen LogP contribution in [0.4, 0.5) is 0 Å². The van der Waals surface area contributed by atoms with Crippen LogP contribution in [0.1, 0.15) is 47.0 Å². The second-order valence-electron chi connectivity index (χ2n) is 5.15. The van der Waals surface area contributed by atoms with Crippen molar-refractivity contribution in [3.63, 3.8) is 0 Å². The van der Waals surface area contributed by atoms with E-state index in [1.165, 1.54) is 12.8 Å². The first kappa shape index (κ1) is 13.7. The number of hydrogen-bond donors (Lipinski definition) is 0. The van der Waals surface area contributed by atoms with Gasteiger partial charge in [0.2, 0.25) is 0 Å². The van der Waals surface area contributed by atoms with Crippen LogP contribution in [0.5, 0.6) is 0 Å². The summed E-state index contributed by atoms with van der Waals surface area (Å²) in [6.45, 7) is 9.73.